The first-order valence-electron chi connectivity index (χ1n) is 8.63. The Labute approximate surface area is 158 Å². The summed E-state index contributed by atoms with van der Waals surface area (Å²) in [5.74, 6) is -1.80. The Kier molecular flexibility index (Phi) is 7.79. The first-order valence-corrected chi connectivity index (χ1v) is 8.63. The lowest BCUT2D eigenvalue weighted by atomic mass is 10.2. The van der Waals surface area contributed by atoms with Gasteiger partial charge in [-0.3, -0.25) is 19.4 Å². The Morgan fingerprint density at radius 1 is 0.741 bits per heavy atom. The monoisotopic (exact) mass is 372 g/mol. The number of carbonyl (C=O) groups is 2. The summed E-state index contributed by atoms with van der Waals surface area (Å²) in [4.78, 5) is 25.8. The van der Waals surface area contributed by atoms with Gasteiger partial charge < -0.3 is 15.3 Å². The number of carboxylic acids is 2. The third-order valence-corrected chi connectivity index (χ3v) is 4.08. The van der Waals surface area contributed by atoms with E-state index < -0.39 is 11.9 Å². The molecule has 0 aromatic heterocycles. The van der Waals surface area contributed by atoms with Crippen molar-refractivity contribution in [2.24, 2.45) is 0 Å². The van der Waals surface area contributed by atoms with Crippen molar-refractivity contribution in [1.82, 2.24) is 9.80 Å². The topological polar surface area (TPSA) is 101 Å². The van der Waals surface area contributed by atoms with E-state index >= 15 is 0 Å². The molecule has 2 aromatic rings. The van der Waals surface area contributed by atoms with Gasteiger partial charge in [-0.1, -0.05) is 48.5 Å². The van der Waals surface area contributed by atoms with Crippen molar-refractivity contribution in [1.29, 1.82) is 0 Å². The maximum Gasteiger partial charge on any atom is 0.317 e. The molecule has 0 atom stereocenters. The molecule has 0 aliphatic heterocycles. The molecule has 0 aliphatic rings. The Morgan fingerprint density at radius 3 is 1.81 bits per heavy atom. The minimum absolute atomic E-state index is 0.111. The second kappa shape index (κ2) is 10.3. The number of hydrogen-bond donors (Lipinski definition) is 3. The Bertz CT molecular complexity index is 751. The zero-order valence-corrected chi connectivity index (χ0v) is 15.0. The van der Waals surface area contributed by atoms with Gasteiger partial charge in [0.1, 0.15) is 5.75 Å². The van der Waals surface area contributed by atoms with Crippen LogP contribution >= 0.6 is 0 Å². The fourth-order valence-corrected chi connectivity index (χ4v) is 2.82. The fraction of sp³-hybridized carbons (Fsp3) is 0.300. The van der Waals surface area contributed by atoms with Crippen LogP contribution in [0, 0.1) is 0 Å². The van der Waals surface area contributed by atoms with E-state index in [9.17, 15) is 14.7 Å². The molecular weight excluding hydrogens is 348 g/mol. The molecule has 144 valence electrons. The Balaban J connectivity index is 2.03. The number of benzene rings is 2. The zero-order chi connectivity index (χ0) is 19.6. The third-order valence-electron chi connectivity index (χ3n) is 4.08. The van der Waals surface area contributed by atoms with Crippen LogP contribution in [0.25, 0.3) is 0 Å². The van der Waals surface area contributed by atoms with Crippen LogP contribution in [-0.4, -0.2) is 63.2 Å². The van der Waals surface area contributed by atoms with Crippen LogP contribution in [0.1, 0.15) is 11.1 Å². The highest BCUT2D eigenvalue weighted by molar-refractivity contribution is 5.69. The Morgan fingerprint density at radius 2 is 1.26 bits per heavy atom. The van der Waals surface area contributed by atoms with E-state index in [1.165, 1.54) is 0 Å². The minimum atomic E-state index is -0.974. The van der Waals surface area contributed by atoms with E-state index in [2.05, 4.69) is 0 Å². The van der Waals surface area contributed by atoms with Crippen molar-refractivity contribution < 1.29 is 24.9 Å². The van der Waals surface area contributed by atoms with Crippen molar-refractivity contribution in [3.63, 3.8) is 0 Å². The van der Waals surface area contributed by atoms with Gasteiger partial charge in [0.05, 0.1) is 13.1 Å². The molecule has 3 N–H and O–H groups in total. The van der Waals surface area contributed by atoms with Gasteiger partial charge in [0.2, 0.25) is 0 Å². The SMILES string of the molecule is O=C(O)CN(CCN(CC(=O)O)Cc1ccccc1O)Cc1ccccc1. The number of carboxylic acid groups (broad SMARTS) is 2. The molecule has 0 heterocycles. The van der Waals surface area contributed by atoms with Crippen LogP contribution in [-0.2, 0) is 22.7 Å². The summed E-state index contributed by atoms with van der Waals surface area (Å²) in [5.41, 5.74) is 1.62. The zero-order valence-electron chi connectivity index (χ0n) is 15.0. The standard InChI is InChI=1S/C20H24N2O5/c23-18-9-5-4-8-17(18)13-22(15-20(26)27)11-10-21(14-19(24)25)12-16-6-2-1-3-7-16/h1-9,23H,10-15H2,(H,24,25)(H,26,27). The van der Waals surface area contributed by atoms with Crippen LogP contribution in [0.5, 0.6) is 5.75 Å². The molecule has 0 bridgehead atoms. The van der Waals surface area contributed by atoms with Crippen molar-refractivity contribution >= 4 is 11.9 Å². The molecule has 0 radical (unpaired) electrons. The molecule has 7 heteroatoms. The summed E-state index contributed by atoms with van der Waals surface area (Å²) in [6.45, 7) is 1.16. The summed E-state index contributed by atoms with van der Waals surface area (Å²) in [5, 5.41) is 28.2. The average Bonchev–Trinajstić information content (AvgIpc) is 2.61. The highest BCUT2D eigenvalue weighted by Gasteiger charge is 2.16. The molecule has 0 unspecified atom stereocenters. The van der Waals surface area contributed by atoms with Crippen LogP contribution in [0.15, 0.2) is 54.6 Å². The lowest BCUT2D eigenvalue weighted by molar-refractivity contribution is -0.140. The molecule has 0 aliphatic carbocycles. The van der Waals surface area contributed by atoms with E-state index in [0.29, 0.717) is 25.2 Å². The van der Waals surface area contributed by atoms with Crippen molar-refractivity contribution in [3.05, 3.63) is 65.7 Å². The number of para-hydroxylation sites is 1. The number of rotatable bonds is 11. The number of nitrogens with zero attached hydrogens (tertiary/aromatic N) is 2. The highest BCUT2D eigenvalue weighted by Crippen LogP contribution is 2.17. The number of aliphatic carboxylic acids is 2. The lowest BCUT2D eigenvalue weighted by Gasteiger charge is -2.26. The highest BCUT2D eigenvalue weighted by atomic mass is 16.4. The average molecular weight is 372 g/mol. The van der Waals surface area contributed by atoms with E-state index in [0.717, 1.165) is 5.56 Å². The molecule has 7 nitrogen and oxygen atoms in total. The van der Waals surface area contributed by atoms with Gasteiger partial charge in [-0.15, -0.1) is 0 Å². The molecule has 2 rings (SSSR count). The van der Waals surface area contributed by atoms with Gasteiger partial charge in [-0.05, 0) is 11.6 Å². The quantitative estimate of drug-likeness (QED) is 0.553. The van der Waals surface area contributed by atoms with Gasteiger partial charge in [0.15, 0.2) is 0 Å². The van der Waals surface area contributed by atoms with E-state index in [-0.39, 0.29) is 25.4 Å². The summed E-state index contributed by atoms with van der Waals surface area (Å²) in [6, 6.07) is 16.3. The van der Waals surface area contributed by atoms with Crippen molar-refractivity contribution in [2.45, 2.75) is 13.1 Å². The van der Waals surface area contributed by atoms with Crippen LogP contribution in [0.4, 0.5) is 0 Å². The van der Waals surface area contributed by atoms with E-state index in [1.807, 2.05) is 30.3 Å². The molecule has 2 aromatic carbocycles. The second-order valence-electron chi connectivity index (χ2n) is 6.32. The van der Waals surface area contributed by atoms with Gasteiger partial charge in [-0.25, -0.2) is 0 Å². The summed E-state index contributed by atoms with van der Waals surface area (Å²) < 4.78 is 0. The molecule has 27 heavy (non-hydrogen) atoms. The van der Waals surface area contributed by atoms with Gasteiger partial charge in [-0.2, -0.15) is 0 Å². The normalized spacial score (nSPS) is 11.0. The Hall–Kier alpha value is -2.90. The van der Waals surface area contributed by atoms with Crippen molar-refractivity contribution in [2.75, 3.05) is 26.2 Å². The molecule has 0 fully saturated rings. The number of aromatic hydroxyl groups is 1. The van der Waals surface area contributed by atoms with Crippen LogP contribution in [0.3, 0.4) is 0 Å². The van der Waals surface area contributed by atoms with E-state index in [1.54, 1.807) is 34.1 Å². The molecule has 0 amide bonds. The first-order chi connectivity index (χ1) is 12.9. The number of hydrogen-bond acceptors (Lipinski definition) is 5. The second-order valence-corrected chi connectivity index (χ2v) is 6.32. The van der Waals surface area contributed by atoms with Gasteiger partial charge in [0, 0.05) is 31.7 Å². The van der Waals surface area contributed by atoms with Crippen LogP contribution < -0.4 is 0 Å². The molecular formula is C20H24N2O5. The maximum atomic E-state index is 11.2. The molecule has 0 saturated carbocycles. The van der Waals surface area contributed by atoms with Gasteiger partial charge >= 0.3 is 11.9 Å². The summed E-state index contributed by atoms with van der Waals surface area (Å²) in [6.07, 6.45) is 0. The molecule has 0 spiro atoms. The smallest absolute Gasteiger partial charge is 0.317 e. The lowest BCUT2D eigenvalue weighted by Crippen LogP contribution is -2.39. The predicted molar refractivity (Wildman–Crippen MR) is 100 cm³/mol. The minimum Gasteiger partial charge on any atom is -0.508 e. The van der Waals surface area contributed by atoms with Crippen LogP contribution in [0.2, 0.25) is 0 Å². The fourth-order valence-electron chi connectivity index (χ4n) is 2.82. The summed E-state index contributed by atoms with van der Waals surface area (Å²) >= 11 is 0. The predicted octanol–water partition coefficient (Wildman–Crippen LogP) is 1.87. The maximum absolute atomic E-state index is 11.2. The molecule has 0 saturated heterocycles. The number of phenolic OH excluding ortho intramolecular Hbond substituents is 1. The first kappa shape index (κ1) is 20.4. The summed E-state index contributed by atoms with van der Waals surface area (Å²) in [7, 11) is 0. The third kappa shape index (κ3) is 7.47. The van der Waals surface area contributed by atoms with E-state index in [4.69, 9.17) is 10.2 Å². The largest absolute Gasteiger partial charge is 0.508 e. The van der Waals surface area contributed by atoms with Crippen molar-refractivity contribution in [3.8, 4) is 5.75 Å². The number of phenols is 1. The van der Waals surface area contributed by atoms with Gasteiger partial charge in [0.25, 0.3) is 0 Å².